The molecular weight excluding hydrogens is 324 g/mol. The number of aromatic carboxylic acids is 1. The normalized spacial score (nSPS) is 13.1. The van der Waals surface area contributed by atoms with Crippen molar-refractivity contribution < 1.29 is 15.0 Å². The van der Waals surface area contributed by atoms with Gasteiger partial charge in [0.15, 0.2) is 0 Å². The molecule has 0 aliphatic heterocycles. The third kappa shape index (κ3) is 3.47. The van der Waals surface area contributed by atoms with Crippen molar-refractivity contribution in [2.75, 3.05) is 0 Å². The molecule has 2 N–H and O–H groups in total. The van der Waals surface area contributed by atoms with E-state index < -0.39 is 5.97 Å². The highest BCUT2D eigenvalue weighted by Gasteiger charge is 2.33. The average Bonchev–Trinajstić information content (AvgIpc) is 2.68. The first-order valence-corrected chi connectivity index (χ1v) is 8.72. The largest absolute Gasteiger partial charge is 0.508 e. The monoisotopic (exact) mass is 346 g/mol. The molecule has 0 fully saturated rings. The predicted molar refractivity (Wildman–Crippen MR) is 103 cm³/mol. The molecule has 0 bridgehead atoms. The zero-order valence-corrected chi connectivity index (χ0v) is 14.7. The Balaban J connectivity index is 2.13. The topological polar surface area (TPSA) is 57.5 Å². The maximum Gasteiger partial charge on any atom is 0.335 e. The van der Waals surface area contributed by atoms with Crippen molar-refractivity contribution in [1.82, 2.24) is 0 Å². The number of carboxylic acids is 1. The minimum absolute atomic E-state index is 0.236. The van der Waals surface area contributed by atoms with Gasteiger partial charge in [0.2, 0.25) is 0 Å². The standard InChI is InChI=1S/C23H22O3/c1-2-23(16-17-6-4-3-5-7-17,20-12-14-21(24)15-13-20)19-10-8-18(9-11-19)22(25)26/h3-15,24H,2,16H2,1H3,(H,25,26). The van der Waals surface area contributed by atoms with Gasteiger partial charge < -0.3 is 10.2 Å². The summed E-state index contributed by atoms with van der Waals surface area (Å²) in [5.74, 6) is -0.689. The molecule has 3 aromatic carbocycles. The van der Waals surface area contributed by atoms with Crippen molar-refractivity contribution in [3.05, 3.63) is 101 Å². The van der Waals surface area contributed by atoms with Gasteiger partial charge in [-0.3, -0.25) is 0 Å². The quantitative estimate of drug-likeness (QED) is 0.658. The van der Waals surface area contributed by atoms with Gasteiger partial charge in [0, 0.05) is 5.41 Å². The summed E-state index contributed by atoms with van der Waals surface area (Å²) in [4.78, 5) is 11.2. The molecule has 0 radical (unpaired) electrons. The third-order valence-electron chi connectivity index (χ3n) is 5.06. The number of benzene rings is 3. The molecule has 132 valence electrons. The van der Waals surface area contributed by atoms with Crippen molar-refractivity contribution in [3.8, 4) is 5.75 Å². The molecular formula is C23H22O3. The van der Waals surface area contributed by atoms with Gasteiger partial charge in [-0.2, -0.15) is 0 Å². The number of carbonyl (C=O) groups is 1. The Morgan fingerprint density at radius 3 is 1.88 bits per heavy atom. The van der Waals surface area contributed by atoms with E-state index in [1.165, 1.54) is 5.56 Å². The van der Waals surface area contributed by atoms with E-state index >= 15 is 0 Å². The van der Waals surface area contributed by atoms with Crippen LogP contribution in [-0.2, 0) is 11.8 Å². The van der Waals surface area contributed by atoms with Gasteiger partial charge in [-0.05, 0) is 53.8 Å². The number of rotatable bonds is 6. The molecule has 0 saturated heterocycles. The van der Waals surface area contributed by atoms with Crippen LogP contribution in [0, 0.1) is 0 Å². The molecule has 1 atom stereocenters. The molecule has 0 heterocycles. The first-order valence-electron chi connectivity index (χ1n) is 8.72. The minimum Gasteiger partial charge on any atom is -0.508 e. The second-order valence-corrected chi connectivity index (χ2v) is 6.53. The van der Waals surface area contributed by atoms with Crippen LogP contribution in [0.25, 0.3) is 0 Å². The summed E-state index contributed by atoms with van der Waals surface area (Å²) in [6.07, 6.45) is 1.64. The number of phenolic OH excluding ortho intramolecular Hbond substituents is 1. The van der Waals surface area contributed by atoms with Crippen molar-refractivity contribution in [2.24, 2.45) is 0 Å². The van der Waals surface area contributed by atoms with E-state index in [1.807, 2.05) is 42.5 Å². The third-order valence-corrected chi connectivity index (χ3v) is 5.06. The van der Waals surface area contributed by atoms with Crippen LogP contribution in [0.1, 0.15) is 40.4 Å². The number of hydrogen-bond acceptors (Lipinski definition) is 2. The summed E-state index contributed by atoms with van der Waals surface area (Å²) >= 11 is 0. The Morgan fingerprint density at radius 2 is 1.38 bits per heavy atom. The minimum atomic E-state index is -0.925. The van der Waals surface area contributed by atoms with E-state index in [2.05, 4.69) is 19.1 Å². The Labute approximate surface area is 153 Å². The number of aromatic hydroxyl groups is 1. The van der Waals surface area contributed by atoms with E-state index in [-0.39, 0.29) is 16.7 Å². The van der Waals surface area contributed by atoms with Crippen molar-refractivity contribution in [3.63, 3.8) is 0 Å². The van der Waals surface area contributed by atoms with Crippen molar-refractivity contribution in [2.45, 2.75) is 25.2 Å². The van der Waals surface area contributed by atoms with Crippen LogP contribution >= 0.6 is 0 Å². The molecule has 3 aromatic rings. The lowest BCUT2D eigenvalue weighted by molar-refractivity contribution is 0.0697. The SMILES string of the molecule is CCC(Cc1ccccc1)(c1ccc(O)cc1)c1ccc(C(=O)O)cc1. The van der Waals surface area contributed by atoms with E-state index in [4.69, 9.17) is 0 Å². The molecule has 1 unspecified atom stereocenters. The van der Waals surface area contributed by atoms with Crippen LogP contribution in [0.2, 0.25) is 0 Å². The fraction of sp³-hybridized carbons (Fsp3) is 0.174. The molecule has 0 aliphatic carbocycles. The number of phenols is 1. The molecule has 3 rings (SSSR count). The number of hydrogen-bond donors (Lipinski definition) is 2. The van der Waals surface area contributed by atoms with E-state index in [9.17, 15) is 15.0 Å². The van der Waals surface area contributed by atoms with E-state index in [0.29, 0.717) is 0 Å². The second kappa shape index (κ2) is 7.44. The fourth-order valence-corrected chi connectivity index (χ4v) is 3.56. The summed E-state index contributed by atoms with van der Waals surface area (Å²) in [6, 6.07) is 24.7. The van der Waals surface area contributed by atoms with Crippen LogP contribution in [0.15, 0.2) is 78.9 Å². The first-order chi connectivity index (χ1) is 12.5. The van der Waals surface area contributed by atoms with Gasteiger partial charge in [0.05, 0.1) is 5.56 Å². The highest BCUT2D eigenvalue weighted by molar-refractivity contribution is 5.87. The van der Waals surface area contributed by atoms with Gasteiger partial charge in [0.1, 0.15) is 5.75 Å². The van der Waals surface area contributed by atoms with E-state index in [1.54, 1.807) is 24.3 Å². The summed E-state index contributed by atoms with van der Waals surface area (Å²) in [5.41, 5.74) is 3.37. The summed E-state index contributed by atoms with van der Waals surface area (Å²) in [5, 5.41) is 18.9. The van der Waals surface area contributed by atoms with Crippen LogP contribution < -0.4 is 0 Å². The van der Waals surface area contributed by atoms with Crippen LogP contribution in [0.3, 0.4) is 0 Å². The lowest BCUT2D eigenvalue weighted by Crippen LogP contribution is -2.30. The van der Waals surface area contributed by atoms with Gasteiger partial charge in [-0.25, -0.2) is 4.79 Å². The summed E-state index contributed by atoms with van der Waals surface area (Å²) in [6.45, 7) is 2.14. The van der Waals surface area contributed by atoms with Crippen molar-refractivity contribution in [1.29, 1.82) is 0 Å². The summed E-state index contributed by atoms with van der Waals surface area (Å²) in [7, 11) is 0. The lowest BCUT2D eigenvalue weighted by atomic mass is 9.68. The average molecular weight is 346 g/mol. The molecule has 26 heavy (non-hydrogen) atoms. The maximum atomic E-state index is 11.2. The highest BCUT2D eigenvalue weighted by atomic mass is 16.4. The van der Waals surface area contributed by atoms with Gasteiger partial charge >= 0.3 is 5.97 Å². The molecule has 0 saturated carbocycles. The first kappa shape index (κ1) is 17.7. The van der Waals surface area contributed by atoms with Crippen LogP contribution in [-0.4, -0.2) is 16.2 Å². The molecule has 0 spiro atoms. The van der Waals surface area contributed by atoms with Crippen molar-refractivity contribution >= 4 is 5.97 Å². The Morgan fingerprint density at radius 1 is 0.846 bits per heavy atom. The maximum absolute atomic E-state index is 11.2. The second-order valence-electron chi connectivity index (χ2n) is 6.53. The molecule has 0 aromatic heterocycles. The zero-order valence-electron chi connectivity index (χ0n) is 14.7. The lowest BCUT2D eigenvalue weighted by Gasteiger charge is -2.35. The van der Waals surface area contributed by atoms with Crippen LogP contribution in [0.5, 0.6) is 5.75 Å². The van der Waals surface area contributed by atoms with Gasteiger partial charge in [0.25, 0.3) is 0 Å². The smallest absolute Gasteiger partial charge is 0.335 e. The number of carboxylic acid groups (broad SMARTS) is 1. The Hall–Kier alpha value is -3.07. The fourth-order valence-electron chi connectivity index (χ4n) is 3.56. The Bertz CT molecular complexity index is 868. The molecule has 0 aliphatic rings. The van der Waals surface area contributed by atoms with Gasteiger partial charge in [-0.15, -0.1) is 0 Å². The highest BCUT2D eigenvalue weighted by Crippen LogP contribution is 2.39. The molecule has 0 amide bonds. The summed E-state index contributed by atoms with van der Waals surface area (Å²) < 4.78 is 0. The van der Waals surface area contributed by atoms with E-state index in [0.717, 1.165) is 24.0 Å². The Kier molecular flexibility index (Phi) is 5.08. The molecule has 3 heteroatoms. The zero-order chi connectivity index (χ0) is 18.6. The van der Waals surface area contributed by atoms with Gasteiger partial charge in [-0.1, -0.05) is 61.5 Å². The molecule has 3 nitrogen and oxygen atoms in total. The predicted octanol–water partition coefficient (Wildman–Crippen LogP) is 5.03. The van der Waals surface area contributed by atoms with Crippen LogP contribution in [0.4, 0.5) is 0 Å².